The molecule has 0 fully saturated rings. The third-order valence-corrected chi connectivity index (χ3v) is 1.30. The van der Waals surface area contributed by atoms with E-state index in [1.54, 1.807) is 0 Å². The van der Waals surface area contributed by atoms with Crippen molar-refractivity contribution in [2.24, 2.45) is 0 Å². The highest BCUT2D eigenvalue weighted by molar-refractivity contribution is 4.54. The highest BCUT2D eigenvalue weighted by atomic mass is 19.3. The Morgan fingerprint density at radius 1 is 1.25 bits per heavy atom. The van der Waals surface area contributed by atoms with Crippen LogP contribution in [-0.4, -0.2) is 19.1 Å². The van der Waals surface area contributed by atoms with Crippen LogP contribution >= 0.6 is 0 Å². The van der Waals surface area contributed by atoms with E-state index < -0.39 is 12.5 Å². The van der Waals surface area contributed by atoms with Gasteiger partial charge in [0, 0.05) is 0 Å². The maximum Gasteiger partial charge on any atom is 0.416 e. The second-order valence-corrected chi connectivity index (χ2v) is 2.42. The SMILES string of the molecule is CCCCCOC(F)(F)C(F)F. The third kappa shape index (κ3) is 4.54. The summed E-state index contributed by atoms with van der Waals surface area (Å²) in [5.74, 6) is 0. The summed E-state index contributed by atoms with van der Waals surface area (Å²) in [4.78, 5) is 0. The zero-order chi connectivity index (χ0) is 9.61. The lowest BCUT2D eigenvalue weighted by molar-refractivity contribution is -0.300. The van der Waals surface area contributed by atoms with Crippen LogP contribution in [0.2, 0.25) is 0 Å². The summed E-state index contributed by atoms with van der Waals surface area (Å²) in [6.07, 6.45) is -6.09. The van der Waals surface area contributed by atoms with Crippen LogP contribution in [0, 0.1) is 0 Å². The summed E-state index contributed by atoms with van der Waals surface area (Å²) in [6.45, 7) is 1.57. The molecule has 5 heteroatoms. The Morgan fingerprint density at radius 2 is 1.83 bits per heavy atom. The van der Waals surface area contributed by atoms with E-state index in [0.29, 0.717) is 12.8 Å². The Balaban J connectivity index is 3.47. The quantitative estimate of drug-likeness (QED) is 0.459. The van der Waals surface area contributed by atoms with Gasteiger partial charge >= 0.3 is 12.5 Å². The van der Waals surface area contributed by atoms with E-state index in [1.165, 1.54) is 0 Å². The highest BCUT2D eigenvalue weighted by Gasteiger charge is 2.41. The first-order chi connectivity index (χ1) is 5.50. The Bertz CT molecular complexity index is 116. The van der Waals surface area contributed by atoms with Crippen LogP contribution in [0.3, 0.4) is 0 Å². The summed E-state index contributed by atoms with van der Waals surface area (Å²) in [6, 6.07) is 0. The second kappa shape index (κ2) is 5.35. The lowest BCUT2D eigenvalue weighted by Gasteiger charge is -2.14. The molecule has 0 saturated carbocycles. The molecule has 0 atom stereocenters. The number of alkyl halides is 4. The van der Waals surface area contributed by atoms with Gasteiger partial charge in [0.15, 0.2) is 0 Å². The molecule has 0 N–H and O–H groups in total. The first-order valence-corrected chi connectivity index (χ1v) is 3.80. The van der Waals surface area contributed by atoms with E-state index in [9.17, 15) is 17.6 Å². The van der Waals surface area contributed by atoms with E-state index in [4.69, 9.17) is 0 Å². The van der Waals surface area contributed by atoms with Crippen molar-refractivity contribution in [2.45, 2.75) is 38.7 Å². The standard InChI is InChI=1S/C7H12F4O/c1-2-3-4-5-12-7(10,11)6(8)9/h6H,2-5H2,1H3. The average Bonchev–Trinajstić information content (AvgIpc) is 1.98. The monoisotopic (exact) mass is 188 g/mol. The number of rotatable bonds is 6. The van der Waals surface area contributed by atoms with Gasteiger partial charge in [-0.3, -0.25) is 0 Å². The van der Waals surface area contributed by atoms with Crippen LogP contribution in [-0.2, 0) is 4.74 Å². The smallest absolute Gasteiger partial charge is 0.316 e. The third-order valence-electron chi connectivity index (χ3n) is 1.30. The molecule has 74 valence electrons. The first kappa shape index (κ1) is 11.7. The van der Waals surface area contributed by atoms with Crippen molar-refractivity contribution in [3.05, 3.63) is 0 Å². The second-order valence-electron chi connectivity index (χ2n) is 2.42. The molecule has 0 aromatic heterocycles. The maximum atomic E-state index is 12.0. The van der Waals surface area contributed by atoms with E-state index in [0.717, 1.165) is 6.42 Å². The highest BCUT2D eigenvalue weighted by Crippen LogP contribution is 2.24. The lowest BCUT2D eigenvalue weighted by atomic mass is 10.3. The van der Waals surface area contributed by atoms with Crippen molar-refractivity contribution >= 4 is 0 Å². The average molecular weight is 188 g/mol. The normalized spacial score (nSPS) is 12.5. The van der Waals surface area contributed by atoms with Crippen molar-refractivity contribution in [1.82, 2.24) is 0 Å². The van der Waals surface area contributed by atoms with Gasteiger partial charge in [-0.05, 0) is 6.42 Å². The van der Waals surface area contributed by atoms with Crippen molar-refractivity contribution in [1.29, 1.82) is 0 Å². The van der Waals surface area contributed by atoms with Gasteiger partial charge in [0.2, 0.25) is 0 Å². The van der Waals surface area contributed by atoms with Gasteiger partial charge in [-0.25, -0.2) is 8.78 Å². The fraction of sp³-hybridized carbons (Fsp3) is 1.00. The van der Waals surface area contributed by atoms with Gasteiger partial charge in [0.1, 0.15) is 0 Å². The molecule has 0 spiro atoms. The molecule has 0 aliphatic rings. The molecule has 0 aliphatic carbocycles. The van der Waals surface area contributed by atoms with Gasteiger partial charge in [0.05, 0.1) is 6.61 Å². The molecule has 0 aromatic carbocycles. The van der Waals surface area contributed by atoms with Crippen LogP contribution < -0.4 is 0 Å². The molecule has 0 heterocycles. The largest absolute Gasteiger partial charge is 0.416 e. The molecule has 0 aromatic rings. The van der Waals surface area contributed by atoms with E-state index in [1.807, 2.05) is 6.92 Å². The Hall–Kier alpha value is -0.320. The van der Waals surface area contributed by atoms with Gasteiger partial charge in [-0.1, -0.05) is 19.8 Å². The van der Waals surface area contributed by atoms with Crippen molar-refractivity contribution < 1.29 is 22.3 Å². The zero-order valence-corrected chi connectivity index (χ0v) is 6.83. The minimum atomic E-state index is -4.28. The number of halogens is 4. The van der Waals surface area contributed by atoms with E-state index in [-0.39, 0.29) is 6.61 Å². The minimum Gasteiger partial charge on any atom is -0.316 e. The molecule has 0 saturated heterocycles. The van der Waals surface area contributed by atoms with Crippen molar-refractivity contribution in [3.63, 3.8) is 0 Å². The van der Waals surface area contributed by atoms with E-state index in [2.05, 4.69) is 4.74 Å². The van der Waals surface area contributed by atoms with Crippen LogP contribution in [0.25, 0.3) is 0 Å². The first-order valence-electron chi connectivity index (χ1n) is 3.80. The molecule has 0 unspecified atom stereocenters. The Kier molecular flexibility index (Phi) is 5.20. The van der Waals surface area contributed by atoms with E-state index >= 15 is 0 Å². The van der Waals surface area contributed by atoms with Crippen LogP contribution in [0.1, 0.15) is 26.2 Å². The topological polar surface area (TPSA) is 9.23 Å². The van der Waals surface area contributed by atoms with Crippen LogP contribution in [0.5, 0.6) is 0 Å². The van der Waals surface area contributed by atoms with Crippen molar-refractivity contribution in [2.75, 3.05) is 6.61 Å². The molecule has 0 amide bonds. The maximum absolute atomic E-state index is 12.0. The van der Waals surface area contributed by atoms with Crippen molar-refractivity contribution in [3.8, 4) is 0 Å². The number of ether oxygens (including phenoxy) is 1. The van der Waals surface area contributed by atoms with Gasteiger partial charge < -0.3 is 4.74 Å². The minimum absolute atomic E-state index is 0.314. The molecule has 0 radical (unpaired) electrons. The van der Waals surface area contributed by atoms with Gasteiger partial charge in [-0.15, -0.1) is 0 Å². The summed E-state index contributed by atoms with van der Waals surface area (Å²) < 4.78 is 50.6. The summed E-state index contributed by atoms with van der Waals surface area (Å²) >= 11 is 0. The molecule has 0 rings (SSSR count). The molecule has 12 heavy (non-hydrogen) atoms. The number of hydrogen-bond acceptors (Lipinski definition) is 1. The fourth-order valence-electron chi connectivity index (χ4n) is 0.623. The summed E-state index contributed by atoms with van der Waals surface area (Å²) in [7, 11) is 0. The molecular formula is C7H12F4O. The predicted octanol–water partition coefficient (Wildman–Crippen LogP) is 3.05. The van der Waals surface area contributed by atoms with Gasteiger partial charge in [-0.2, -0.15) is 8.78 Å². The fourth-order valence-corrected chi connectivity index (χ4v) is 0.623. The number of unbranched alkanes of at least 4 members (excludes halogenated alkanes) is 2. The van der Waals surface area contributed by atoms with Crippen LogP contribution in [0.15, 0.2) is 0 Å². The zero-order valence-electron chi connectivity index (χ0n) is 6.83. The Labute approximate surface area is 68.7 Å². The molecular weight excluding hydrogens is 176 g/mol. The Morgan fingerprint density at radius 3 is 2.25 bits per heavy atom. The molecule has 0 bridgehead atoms. The molecule has 0 aliphatic heterocycles. The van der Waals surface area contributed by atoms with Crippen LogP contribution in [0.4, 0.5) is 17.6 Å². The molecule has 1 nitrogen and oxygen atoms in total. The predicted molar refractivity (Wildman–Crippen MR) is 36.4 cm³/mol. The summed E-state index contributed by atoms with van der Waals surface area (Å²) in [5.41, 5.74) is 0. The summed E-state index contributed by atoms with van der Waals surface area (Å²) in [5, 5.41) is 0. The lowest BCUT2D eigenvalue weighted by Crippen LogP contribution is -2.30. The number of hydrogen-bond donors (Lipinski definition) is 0. The van der Waals surface area contributed by atoms with Gasteiger partial charge in [0.25, 0.3) is 0 Å².